The van der Waals surface area contributed by atoms with Crippen LogP contribution in [0.2, 0.25) is 0 Å². The number of imide groups is 1. The lowest BCUT2D eigenvalue weighted by Gasteiger charge is -2.48. The number of fused-ring (bicyclic) bond motifs is 9. The molecular formula is C32H27NO2S2. The summed E-state index contributed by atoms with van der Waals surface area (Å²) in [6.07, 6.45) is 0.999. The summed E-state index contributed by atoms with van der Waals surface area (Å²) in [5.41, 5.74) is 6.90. The van der Waals surface area contributed by atoms with Gasteiger partial charge in [-0.15, -0.1) is 22.7 Å². The van der Waals surface area contributed by atoms with Gasteiger partial charge in [0.05, 0.1) is 11.8 Å². The van der Waals surface area contributed by atoms with E-state index in [9.17, 15) is 9.59 Å². The zero-order valence-electron chi connectivity index (χ0n) is 21.0. The molecule has 2 bridgehead atoms. The fourth-order valence-electron chi connectivity index (χ4n) is 8.31. The lowest BCUT2D eigenvalue weighted by Crippen LogP contribution is -2.43. The van der Waals surface area contributed by atoms with Gasteiger partial charge in [0.2, 0.25) is 11.8 Å². The minimum absolute atomic E-state index is 0.0536. The topological polar surface area (TPSA) is 37.4 Å². The highest BCUT2D eigenvalue weighted by atomic mass is 32.1. The van der Waals surface area contributed by atoms with Crippen molar-refractivity contribution in [3.05, 3.63) is 81.5 Å². The minimum Gasteiger partial charge on any atom is -0.285 e. The SMILES string of the molecule is Cc1sc(-c2ccccc2)cc1C1=C(c2c(C)sc3ccccc23)[C@@H]2[C@@H]3C[C@@H]([C@@H]4C(=O)N(C)C(=O)[C@H]34)[C@H]12. The molecule has 3 aliphatic carbocycles. The zero-order valence-corrected chi connectivity index (χ0v) is 22.7. The van der Waals surface area contributed by atoms with Gasteiger partial charge >= 0.3 is 0 Å². The number of carbonyl (C=O) groups is 2. The van der Waals surface area contributed by atoms with Crippen molar-refractivity contribution in [3.63, 3.8) is 0 Å². The van der Waals surface area contributed by atoms with Crippen molar-refractivity contribution in [1.29, 1.82) is 0 Å². The molecule has 0 N–H and O–H groups in total. The van der Waals surface area contributed by atoms with Crippen molar-refractivity contribution in [1.82, 2.24) is 4.90 Å². The molecule has 4 aromatic rings. The van der Waals surface area contributed by atoms with Gasteiger partial charge < -0.3 is 0 Å². The predicted octanol–water partition coefficient (Wildman–Crippen LogP) is 7.28. The largest absolute Gasteiger partial charge is 0.285 e. The molecule has 2 aromatic heterocycles. The molecular weight excluding hydrogens is 494 g/mol. The van der Waals surface area contributed by atoms with E-state index in [1.54, 1.807) is 7.05 Å². The van der Waals surface area contributed by atoms with Crippen molar-refractivity contribution in [2.75, 3.05) is 7.05 Å². The first-order valence-electron chi connectivity index (χ1n) is 13.2. The van der Waals surface area contributed by atoms with Crippen LogP contribution in [0.25, 0.3) is 31.7 Å². The molecule has 5 heteroatoms. The molecule has 0 radical (unpaired) electrons. The van der Waals surface area contributed by atoms with Gasteiger partial charge in [0.25, 0.3) is 0 Å². The summed E-state index contributed by atoms with van der Waals surface area (Å²) in [7, 11) is 1.69. The third-order valence-electron chi connectivity index (χ3n) is 9.66. The normalized spacial score (nSPS) is 29.9. The van der Waals surface area contributed by atoms with E-state index in [-0.39, 0.29) is 35.5 Å². The van der Waals surface area contributed by atoms with Gasteiger partial charge in [-0.05, 0) is 83.9 Å². The van der Waals surface area contributed by atoms with Crippen LogP contribution < -0.4 is 0 Å². The van der Waals surface area contributed by atoms with E-state index in [0.717, 1.165) is 6.42 Å². The second-order valence-electron chi connectivity index (χ2n) is 11.2. The van der Waals surface area contributed by atoms with E-state index in [1.807, 2.05) is 22.7 Å². The average Bonchev–Trinajstić information content (AvgIpc) is 3.66. The molecule has 1 aliphatic heterocycles. The summed E-state index contributed by atoms with van der Waals surface area (Å²) < 4.78 is 1.32. The number of thiophene rings is 2. The van der Waals surface area contributed by atoms with Crippen LogP contribution in [0.1, 0.15) is 27.3 Å². The molecule has 0 spiro atoms. The quantitative estimate of drug-likeness (QED) is 0.266. The molecule has 3 nitrogen and oxygen atoms in total. The molecule has 0 unspecified atom stereocenters. The summed E-state index contributed by atoms with van der Waals surface area (Å²) in [5, 5.41) is 1.33. The molecule has 1 saturated heterocycles. The van der Waals surface area contributed by atoms with Crippen LogP contribution in [0, 0.1) is 49.4 Å². The lowest BCUT2D eigenvalue weighted by molar-refractivity contribution is -0.139. The molecule has 2 amide bonds. The molecule has 184 valence electrons. The molecule has 2 aromatic carbocycles. The number of hydrogen-bond acceptors (Lipinski definition) is 4. The van der Waals surface area contributed by atoms with Crippen molar-refractivity contribution in [2.24, 2.45) is 35.5 Å². The maximum Gasteiger partial charge on any atom is 0.233 e. The highest BCUT2D eigenvalue weighted by molar-refractivity contribution is 7.19. The smallest absolute Gasteiger partial charge is 0.233 e. The van der Waals surface area contributed by atoms with Crippen LogP contribution in [0.4, 0.5) is 0 Å². The first-order valence-corrected chi connectivity index (χ1v) is 14.8. The van der Waals surface area contributed by atoms with Crippen molar-refractivity contribution in [3.8, 4) is 10.4 Å². The molecule has 8 rings (SSSR count). The van der Waals surface area contributed by atoms with Crippen LogP contribution in [0.5, 0.6) is 0 Å². The fourth-order valence-corrected chi connectivity index (χ4v) is 10.4. The van der Waals surface area contributed by atoms with Gasteiger partial charge in [0, 0.05) is 31.8 Å². The van der Waals surface area contributed by atoms with Crippen LogP contribution >= 0.6 is 22.7 Å². The van der Waals surface area contributed by atoms with E-state index < -0.39 is 0 Å². The van der Waals surface area contributed by atoms with Gasteiger partial charge in [-0.3, -0.25) is 14.5 Å². The van der Waals surface area contributed by atoms with E-state index >= 15 is 0 Å². The van der Waals surface area contributed by atoms with Crippen molar-refractivity contribution in [2.45, 2.75) is 20.3 Å². The number of benzene rings is 2. The third kappa shape index (κ3) is 2.71. The maximum atomic E-state index is 13.2. The number of amides is 2. The number of allylic oxidation sites excluding steroid dienone is 2. The number of nitrogens with zero attached hydrogens (tertiary/aromatic N) is 1. The van der Waals surface area contributed by atoms with Gasteiger partial charge in [-0.1, -0.05) is 48.5 Å². The van der Waals surface area contributed by atoms with Gasteiger partial charge in [0.1, 0.15) is 0 Å². The summed E-state index contributed by atoms with van der Waals surface area (Å²) in [6.45, 7) is 4.50. The second kappa shape index (κ2) is 7.52. The molecule has 2 saturated carbocycles. The maximum absolute atomic E-state index is 13.2. The predicted molar refractivity (Wildman–Crippen MR) is 151 cm³/mol. The Morgan fingerprint density at radius 2 is 1.41 bits per heavy atom. The summed E-state index contributed by atoms with van der Waals surface area (Å²) in [6, 6.07) is 21.8. The summed E-state index contributed by atoms with van der Waals surface area (Å²) in [4.78, 5) is 31.8. The monoisotopic (exact) mass is 521 g/mol. The number of carbonyl (C=O) groups excluding carboxylic acids is 2. The van der Waals surface area contributed by atoms with Crippen molar-refractivity contribution < 1.29 is 9.59 Å². The Balaban J connectivity index is 1.36. The van der Waals surface area contributed by atoms with E-state index in [4.69, 9.17) is 0 Å². The van der Waals surface area contributed by atoms with Crippen LogP contribution in [-0.2, 0) is 9.59 Å². The second-order valence-corrected chi connectivity index (χ2v) is 13.7. The van der Waals surface area contributed by atoms with Crippen LogP contribution in [-0.4, -0.2) is 23.8 Å². The third-order valence-corrected chi connectivity index (χ3v) is 11.8. The Morgan fingerprint density at radius 1 is 0.757 bits per heavy atom. The first kappa shape index (κ1) is 22.0. The number of likely N-dealkylation sites (tertiary alicyclic amines) is 1. The number of hydrogen-bond donors (Lipinski definition) is 0. The van der Waals surface area contributed by atoms with Gasteiger partial charge in [-0.25, -0.2) is 0 Å². The highest BCUT2D eigenvalue weighted by Gasteiger charge is 2.70. The van der Waals surface area contributed by atoms with Crippen LogP contribution in [0.3, 0.4) is 0 Å². The Bertz CT molecular complexity index is 1680. The number of aryl methyl sites for hydroxylation is 2. The van der Waals surface area contributed by atoms with Crippen LogP contribution in [0.15, 0.2) is 60.7 Å². The molecule has 4 aliphatic rings. The first-order chi connectivity index (χ1) is 18.0. The van der Waals surface area contributed by atoms with E-state index in [1.165, 1.54) is 57.5 Å². The Morgan fingerprint density at radius 3 is 2.14 bits per heavy atom. The van der Waals surface area contributed by atoms with E-state index in [2.05, 4.69) is 74.5 Å². The number of rotatable bonds is 3. The molecule has 3 heterocycles. The summed E-state index contributed by atoms with van der Waals surface area (Å²) >= 11 is 3.74. The Labute approximate surface area is 224 Å². The molecule has 3 fully saturated rings. The summed E-state index contributed by atoms with van der Waals surface area (Å²) in [5.74, 6) is 1.11. The minimum atomic E-state index is -0.131. The highest BCUT2D eigenvalue weighted by Crippen LogP contribution is 2.73. The lowest BCUT2D eigenvalue weighted by atomic mass is 9.54. The molecule has 37 heavy (non-hydrogen) atoms. The van der Waals surface area contributed by atoms with E-state index in [0.29, 0.717) is 11.8 Å². The molecule has 6 atom stereocenters. The average molecular weight is 522 g/mol. The van der Waals surface area contributed by atoms with Gasteiger partial charge in [0.15, 0.2) is 0 Å². The zero-order chi connectivity index (χ0) is 25.2. The Hall–Kier alpha value is -3.02. The van der Waals surface area contributed by atoms with Gasteiger partial charge in [-0.2, -0.15) is 0 Å². The van der Waals surface area contributed by atoms with Crippen molar-refractivity contribution >= 4 is 55.7 Å². The Kier molecular flexibility index (Phi) is 4.47. The fraction of sp³-hybridized carbons (Fsp3) is 0.312. The standard InChI is InChI=1S/C32H27NO2S2/c1-15-19(14-23(36-15)17-9-5-4-6-10-17)25-26-20-13-21(29-28(20)31(34)33(3)32(29)35)27(26)30(25)24-16(2)37-22-12-8-7-11-18(22)24/h4-12,14,20-21,26-29H,13H2,1-3H3/t20-,21+,26-,27-,28+,29-/m1/s1.